The maximum absolute atomic E-state index is 12.6. The molecule has 0 bridgehead atoms. The lowest BCUT2D eigenvalue weighted by atomic mass is 10.0. The SMILES string of the molecule is CC1(C)CCCN1C(=O)N1CCNC(=O)C1CC(=O)O. The number of hydrogen-bond acceptors (Lipinski definition) is 3. The number of aliphatic carboxylic acids is 1. The fourth-order valence-corrected chi connectivity index (χ4v) is 2.93. The fraction of sp³-hybridized carbons (Fsp3) is 0.769. The Balaban J connectivity index is 2.17. The van der Waals surface area contributed by atoms with Gasteiger partial charge in [-0.25, -0.2) is 4.79 Å². The van der Waals surface area contributed by atoms with Crippen molar-refractivity contribution >= 4 is 17.9 Å². The summed E-state index contributed by atoms with van der Waals surface area (Å²) in [6.07, 6.45) is 1.50. The number of urea groups is 1. The molecule has 0 saturated carbocycles. The van der Waals surface area contributed by atoms with Crippen LogP contribution in [0.5, 0.6) is 0 Å². The average molecular weight is 283 g/mol. The maximum Gasteiger partial charge on any atom is 0.321 e. The van der Waals surface area contributed by atoms with Gasteiger partial charge in [0.2, 0.25) is 5.91 Å². The molecule has 0 aromatic rings. The van der Waals surface area contributed by atoms with E-state index in [-0.39, 0.29) is 23.9 Å². The van der Waals surface area contributed by atoms with Gasteiger partial charge in [0.05, 0.1) is 6.42 Å². The highest BCUT2D eigenvalue weighted by atomic mass is 16.4. The van der Waals surface area contributed by atoms with E-state index in [0.717, 1.165) is 12.8 Å². The van der Waals surface area contributed by atoms with E-state index >= 15 is 0 Å². The van der Waals surface area contributed by atoms with Crippen molar-refractivity contribution in [1.29, 1.82) is 0 Å². The number of likely N-dealkylation sites (tertiary alicyclic amines) is 1. The third-order valence-electron chi connectivity index (χ3n) is 4.08. The number of rotatable bonds is 2. The second-order valence-corrected chi connectivity index (χ2v) is 5.95. The highest BCUT2D eigenvalue weighted by molar-refractivity contribution is 5.91. The maximum atomic E-state index is 12.6. The fourth-order valence-electron chi connectivity index (χ4n) is 2.93. The van der Waals surface area contributed by atoms with Crippen LogP contribution in [-0.4, -0.2) is 64.0 Å². The van der Waals surface area contributed by atoms with Crippen molar-refractivity contribution in [3.8, 4) is 0 Å². The molecule has 0 aromatic heterocycles. The van der Waals surface area contributed by atoms with Gasteiger partial charge >= 0.3 is 12.0 Å². The second-order valence-electron chi connectivity index (χ2n) is 5.95. The van der Waals surface area contributed by atoms with Crippen molar-refractivity contribution in [1.82, 2.24) is 15.1 Å². The van der Waals surface area contributed by atoms with Gasteiger partial charge in [0, 0.05) is 25.2 Å². The molecule has 7 heteroatoms. The van der Waals surface area contributed by atoms with E-state index in [1.165, 1.54) is 4.90 Å². The molecule has 2 heterocycles. The summed E-state index contributed by atoms with van der Waals surface area (Å²) in [7, 11) is 0. The van der Waals surface area contributed by atoms with Gasteiger partial charge in [-0.2, -0.15) is 0 Å². The van der Waals surface area contributed by atoms with Crippen LogP contribution in [0.3, 0.4) is 0 Å². The standard InChI is InChI=1S/C13H21N3O4/c1-13(2)4-3-6-16(13)12(20)15-7-5-14-11(19)9(15)8-10(17)18/h9H,3-8H2,1-2H3,(H,14,19)(H,17,18). The second kappa shape index (κ2) is 5.30. The first kappa shape index (κ1) is 14.6. The normalized spacial score (nSPS) is 25.5. The Morgan fingerprint density at radius 3 is 2.65 bits per heavy atom. The van der Waals surface area contributed by atoms with Gasteiger partial charge in [0.1, 0.15) is 6.04 Å². The Morgan fingerprint density at radius 1 is 1.40 bits per heavy atom. The average Bonchev–Trinajstić information content (AvgIpc) is 2.70. The molecule has 1 atom stereocenters. The lowest BCUT2D eigenvalue weighted by Gasteiger charge is -2.40. The van der Waals surface area contributed by atoms with Crippen molar-refractivity contribution in [2.75, 3.05) is 19.6 Å². The smallest absolute Gasteiger partial charge is 0.321 e. The van der Waals surface area contributed by atoms with Crippen LogP contribution in [0.15, 0.2) is 0 Å². The largest absolute Gasteiger partial charge is 0.481 e. The van der Waals surface area contributed by atoms with Crippen LogP contribution in [0.4, 0.5) is 4.79 Å². The summed E-state index contributed by atoms with van der Waals surface area (Å²) in [5.41, 5.74) is -0.237. The van der Waals surface area contributed by atoms with E-state index in [4.69, 9.17) is 5.11 Å². The number of carbonyl (C=O) groups is 3. The van der Waals surface area contributed by atoms with Crippen molar-refractivity contribution in [2.45, 2.75) is 44.7 Å². The van der Waals surface area contributed by atoms with Gasteiger partial charge in [0.25, 0.3) is 0 Å². The van der Waals surface area contributed by atoms with Crippen molar-refractivity contribution in [2.24, 2.45) is 0 Å². The minimum atomic E-state index is -1.08. The zero-order valence-corrected chi connectivity index (χ0v) is 11.9. The van der Waals surface area contributed by atoms with Crippen LogP contribution in [0.2, 0.25) is 0 Å². The van der Waals surface area contributed by atoms with E-state index < -0.39 is 12.0 Å². The molecular formula is C13H21N3O4. The molecule has 0 radical (unpaired) electrons. The third-order valence-corrected chi connectivity index (χ3v) is 4.08. The molecule has 2 saturated heterocycles. The lowest BCUT2D eigenvalue weighted by molar-refractivity contribution is -0.142. The zero-order chi connectivity index (χ0) is 14.9. The summed E-state index contributed by atoms with van der Waals surface area (Å²) >= 11 is 0. The number of carboxylic acid groups (broad SMARTS) is 1. The Kier molecular flexibility index (Phi) is 3.87. The first-order chi connectivity index (χ1) is 9.33. The lowest BCUT2D eigenvalue weighted by Crippen LogP contribution is -2.62. The van der Waals surface area contributed by atoms with E-state index in [1.54, 1.807) is 4.90 Å². The van der Waals surface area contributed by atoms with E-state index in [1.807, 2.05) is 13.8 Å². The van der Waals surface area contributed by atoms with E-state index in [2.05, 4.69) is 5.32 Å². The highest BCUT2D eigenvalue weighted by Crippen LogP contribution is 2.30. The van der Waals surface area contributed by atoms with Crippen molar-refractivity contribution < 1.29 is 19.5 Å². The molecular weight excluding hydrogens is 262 g/mol. The molecule has 2 aliphatic rings. The molecule has 2 aliphatic heterocycles. The third kappa shape index (κ3) is 2.71. The predicted molar refractivity (Wildman–Crippen MR) is 71.2 cm³/mol. The van der Waals surface area contributed by atoms with Crippen molar-refractivity contribution in [3.05, 3.63) is 0 Å². The molecule has 2 rings (SSSR count). The van der Waals surface area contributed by atoms with Gasteiger partial charge in [-0.3, -0.25) is 9.59 Å². The van der Waals surface area contributed by atoms with Gasteiger partial charge < -0.3 is 20.2 Å². The minimum Gasteiger partial charge on any atom is -0.481 e. The van der Waals surface area contributed by atoms with Gasteiger partial charge in [-0.05, 0) is 26.7 Å². The molecule has 112 valence electrons. The summed E-state index contributed by atoms with van der Waals surface area (Å²) in [6, 6.07) is -1.14. The summed E-state index contributed by atoms with van der Waals surface area (Å²) < 4.78 is 0. The number of carbonyl (C=O) groups excluding carboxylic acids is 2. The van der Waals surface area contributed by atoms with Crippen LogP contribution in [0.1, 0.15) is 33.1 Å². The quantitative estimate of drug-likeness (QED) is 0.760. The predicted octanol–water partition coefficient (Wildman–Crippen LogP) is 0.256. The van der Waals surface area contributed by atoms with Crippen LogP contribution in [0, 0.1) is 0 Å². The Morgan fingerprint density at radius 2 is 2.10 bits per heavy atom. The highest BCUT2D eigenvalue weighted by Gasteiger charge is 2.42. The molecule has 0 spiro atoms. The summed E-state index contributed by atoms with van der Waals surface area (Å²) in [6.45, 7) is 5.37. The Bertz CT molecular complexity index is 435. The molecule has 0 aromatic carbocycles. The first-order valence-corrected chi connectivity index (χ1v) is 6.91. The number of piperazine rings is 1. The Hall–Kier alpha value is -1.79. The van der Waals surface area contributed by atoms with Crippen LogP contribution in [0.25, 0.3) is 0 Å². The monoisotopic (exact) mass is 283 g/mol. The number of carboxylic acids is 1. The molecule has 20 heavy (non-hydrogen) atoms. The van der Waals surface area contributed by atoms with Gasteiger partial charge in [-0.1, -0.05) is 0 Å². The molecule has 2 N–H and O–H groups in total. The van der Waals surface area contributed by atoms with Crippen molar-refractivity contribution in [3.63, 3.8) is 0 Å². The zero-order valence-electron chi connectivity index (χ0n) is 11.9. The number of amides is 3. The number of hydrogen-bond donors (Lipinski definition) is 2. The van der Waals surface area contributed by atoms with E-state index in [0.29, 0.717) is 19.6 Å². The summed E-state index contributed by atoms with van der Waals surface area (Å²) in [5.74, 6) is -1.46. The minimum absolute atomic E-state index is 0.228. The van der Waals surface area contributed by atoms with Gasteiger partial charge in [-0.15, -0.1) is 0 Å². The summed E-state index contributed by atoms with van der Waals surface area (Å²) in [5, 5.41) is 11.5. The molecule has 7 nitrogen and oxygen atoms in total. The molecule has 1 unspecified atom stereocenters. The summed E-state index contributed by atoms with van der Waals surface area (Å²) in [4.78, 5) is 38.5. The molecule has 0 aliphatic carbocycles. The number of nitrogens with one attached hydrogen (secondary N) is 1. The van der Waals surface area contributed by atoms with Crippen LogP contribution >= 0.6 is 0 Å². The number of nitrogens with zero attached hydrogens (tertiary/aromatic N) is 2. The van der Waals surface area contributed by atoms with Crippen LogP contribution < -0.4 is 5.32 Å². The topological polar surface area (TPSA) is 90.0 Å². The Labute approximate surface area is 117 Å². The first-order valence-electron chi connectivity index (χ1n) is 6.91. The molecule has 3 amide bonds. The van der Waals surface area contributed by atoms with E-state index in [9.17, 15) is 14.4 Å². The van der Waals surface area contributed by atoms with Crippen LogP contribution in [-0.2, 0) is 9.59 Å². The van der Waals surface area contributed by atoms with Gasteiger partial charge in [0.15, 0.2) is 0 Å². The molecule has 2 fully saturated rings.